The molecule has 4 rings (SSSR count). The minimum Gasteiger partial charge on any atom is -0.339 e. The summed E-state index contributed by atoms with van der Waals surface area (Å²) in [5.74, 6) is 0.126. The standard InChI is InChI=1S/C20H22BrN5O2/c1-12-17(11-19(28)25-8-6-24(7-9-25)14(3)27)13(2)26-20(22-12)16-5-4-15(21)10-18(16)23-26/h4-5,10H,6-9,11H2,1-3H3. The summed E-state index contributed by atoms with van der Waals surface area (Å²) in [6.07, 6.45) is 0.292. The lowest BCUT2D eigenvalue weighted by atomic mass is 10.1. The molecule has 0 N–H and O–H groups in total. The van der Waals surface area contributed by atoms with E-state index in [1.807, 2.05) is 41.5 Å². The van der Waals surface area contributed by atoms with E-state index in [0.717, 1.165) is 38.0 Å². The van der Waals surface area contributed by atoms with E-state index in [1.54, 1.807) is 11.8 Å². The highest BCUT2D eigenvalue weighted by Crippen LogP contribution is 2.25. The Labute approximate surface area is 171 Å². The first-order chi connectivity index (χ1) is 13.3. The monoisotopic (exact) mass is 443 g/mol. The number of halogens is 1. The third kappa shape index (κ3) is 3.26. The molecule has 2 amide bonds. The van der Waals surface area contributed by atoms with Crippen molar-refractivity contribution in [3.63, 3.8) is 0 Å². The minimum absolute atomic E-state index is 0.0609. The van der Waals surface area contributed by atoms with E-state index in [-0.39, 0.29) is 11.8 Å². The van der Waals surface area contributed by atoms with E-state index in [9.17, 15) is 9.59 Å². The lowest BCUT2D eigenvalue weighted by Crippen LogP contribution is -2.50. The molecule has 1 aromatic carbocycles. The first-order valence-electron chi connectivity index (χ1n) is 9.32. The van der Waals surface area contributed by atoms with Crippen LogP contribution >= 0.6 is 15.9 Å². The number of hydrogen-bond acceptors (Lipinski definition) is 4. The van der Waals surface area contributed by atoms with Crippen LogP contribution in [0.3, 0.4) is 0 Å². The number of carbonyl (C=O) groups is 2. The number of amides is 2. The minimum atomic E-state index is 0.0609. The van der Waals surface area contributed by atoms with Crippen LogP contribution < -0.4 is 0 Å². The van der Waals surface area contributed by atoms with E-state index in [4.69, 9.17) is 4.98 Å². The van der Waals surface area contributed by atoms with Crippen molar-refractivity contribution < 1.29 is 9.59 Å². The van der Waals surface area contributed by atoms with Crippen LogP contribution in [0.5, 0.6) is 0 Å². The summed E-state index contributed by atoms with van der Waals surface area (Å²) < 4.78 is 2.80. The van der Waals surface area contributed by atoms with Gasteiger partial charge in [0.05, 0.1) is 11.9 Å². The Balaban J connectivity index is 1.63. The van der Waals surface area contributed by atoms with Gasteiger partial charge < -0.3 is 9.80 Å². The van der Waals surface area contributed by atoms with E-state index in [2.05, 4.69) is 21.0 Å². The molecule has 28 heavy (non-hydrogen) atoms. The first kappa shape index (κ1) is 18.9. The Kier molecular flexibility index (Phi) is 4.82. The quantitative estimate of drug-likeness (QED) is 0.609. The summed E-state index contributed by atoms with van der Waals surface area (Å²) in [7, 11) is 0. The fourth-order valence-corrected chi connectivity index (χ4v) is 4.14. The van der Waals surface area contributed by atoms with Gasteiger partial charge in [0.1, 0.15) is 0 Å². The van der Waals surface area contributed by atoms with E-state index >= 15 is 0 Å². The van der Waals surface area contributed by atoms with Crippen LogP contribution in [-0.2, 0) is 16.0 Å². The van der Waals surface area contributed by atoms with Gasteiger partial charge in [-0.3, -0.25) is 9.59 Å². The van der Waals surface area contributed by atoms with Crippen molar-refractivity contribution in [2.75, 3.05) is 26.2 Å². The number of piperazine rings is 1. The van der Waals surface area contributed by atoms with Gasteiger partial charge >= 0.3 is 0 Å². The number of benzene rings is 1. The van der Waals surface area contributed by atoms with E-state index < -0.39 is 0 Å². The predicted molar refractivity (Wildman–Crippen MR) is 110 cm³/mol. The number of hydrogen-bond donors (Lipinski definition) is 0. The Morgan fingerprint density at radius 3 is 2.46 bits per heavy atom. The molecular weight excluding hydrogens is 422 g/mol. The average Bonchev–Trinajstić information content (AvgIpc) is 3.02. The normalized spacial score (nSPS) is 14.9. The SMILES string of the molecule is CC(=O)N1CCN(C(=O)Cc2c(C)nc3c4ccc(Br)cc4nn3c2C)CC1. The summed E-state index contributed by atoms with van der Waals surface area (Å²) in [6, 6.07) is 5.96. The molecule has 0 atom stereocenters. The average molecular weight is 444 g/mol. The number of aryl methyl sites for hydroxylation is 2. The predicted octanol–water partition coefficient (Wildman–Crippen LogP) is 2.50. The third-order valence-corrected chi connectivity index (χ3v) is 5.97. The van der Waals surface area contributed by atoms with Gasteiger partial charge in [-0.05, 0) is 32.0 Å². The van der Waals surface area contributed by atoms with Crippen molar-refractivity contribution in [1.82, 2.24) is 24.4 Å². The van der Waals surface area contributed by atoms with Gasteiger partial charge in [-0.25, -0.2) is 9.50 Å². The van der Waals surface area contributed by atoms with E-state index in [1.165, 1.54) is 0 Å². The molecule has 0 unspecified atom stereocenters. The first-order valence-corrected chi connectivity index (χ1v) is 10.1. The highest BCUT2D eigenvalue weighted by Gasteiger charge is 2.24. The van der Waals surface area contributed by atoms with Crippen LogP contribution in [0.4, 0.5) is 0 Å². The van der Waals surface area contributed by atoms with Crippen LogP contribution in [0.1, 0.15) is 23.9 Å². The molecule has 0 aliphatic carbocycles. The lowest BCUT2D eigenvalue weighted by Gasteiger charge is -2.34. The van der Waals surface area contributed by atoms with Gasteiger partial charge in [0.2, 0.25) is 11.8 Å². The second-order valence-corrected chi connectivity index (χ2v) is 8.14. The highest BCUT2D eigenvalue weighted by molar-refractivity contribution is 9.10. The fourth-order valence-electron chi connectivity index (χ4n) is 3.79. The highest BCUT2D eigenvalue weighted by atomic mass is 79.9. The van der Waals surface area contributed by atoms with Gasteiger partial charge in [0, 0.05) is 59.9 Å². The Hall–Kier alpha value is -2.48. The fraction of sp³-hybridized carbons (Fsp3) is 0.400. The summed E-state index contributed by atoms with van der Waals surface area (Å²) >= 11 is 3.48. The lowest BCUT2D eigenvalue weighted by molar-refractivity contribution is -0.138. The topological polar surface area (TPSA) is 70.8 Å². The van der Waals surface area contributed by atoms with Crippen LogP contribution in [-0.4, -0.2) is 62.4 Å². The van der Waals surface area contributed by atoms with Gasteiger partial charge in [0.15, 0.2) is 5.65 Å². The molecule has 0 spiro atoms. The Morgan fingerprint density at radius 1 is 1.11 bits per heavy atom. The Bertz CT molecular complexity index is 1100. The third-order valence-electron chi connectivity index (χ3n) is 5.48. The molecule has 2 aromatic heterocycles. The van der Waals surface area contributed by atoms with Crippen molar-refractivity contribution >= 4 is 44.3 Å². The molecule has 1 aliphatic rings. The van der Waals surface area contributed by atoms with Crippen molar-refractivity contribution in [3.05, 3.63) is 39.6 Å². The molecule has 1 saturated heterocycles. The second kappa shape index (κ2) is 7.16. The maximum absolute atomic E-state index is 12.9. The maximum atomic E-state index is 12.9. The van der Waals surface area contributed by atoms with Crippen LogP contribution in [0.2, 0.25) is 0 Å². The zero-order valence-electron chi connectivity index (χ0n) is 16.2. The molecule has 146 valence electrons. The van der Waals surface area contributed by atoms with Crippen LogP contribution in [0.15, 0.2) is 22.7 Å². The van der Waals surface area contributed by atoms with Crippen molar-refractivity contribution in [3.8, 4) is 0 Å². The molecule has 0 radical (unpaired) electrons. The van der Waals surface area contributed by atoms with Crippen molar-refractivity contribution in [2.24, 2.45) is 0 Å². The summed E-state index contributed by atoms with van der Waals surface area (Å²) in [6.45, 7) is 7.83. The zero-order valence-corrected chi connectivity index (χ0v) is 17.8. The molecule has 0 bridgehead atoms. The molecule has 3 heterocycles. The molecule has 0 saturated carbocycles. The van der Waals surface area contributed by atoms with Gasteiger partial charge in [-0.1, -0.05) is 15.9 Å². The molecule has 1 fully saturated rings. The molecule has 8 heteroatoms. The number of nitrogens with zero attached hydrogens (tertiary/aromatic N) is 5. The second-order valence-electron chi connectivity index (χ2n) is 7.22. The largest absolute Gasteiger partial charge is 0.339 e. The van der Waals surface area contributed by atoms with Gasteiger partial charge in [0.25, 0.3) is 0 Å². The number of aromatic nitrogens is 3. The Morgan fingerprint density at radius 2 is 1.79 bits per heavy atom. The smallest absolute Gasteiger partial charge is 0.227 e. The summed E-state index contributed by atoms with van der Waals surface area (Å²) in [5.41, 5.74) is 4.38. The summed E-state index contributed by atoms with van der Waals surface area (Å²) in [4.78, 5) is 32.7. The van der Waals surface area contributed by atoms with Crippen LogP contribution in [0.25, 0.3) is 16.6 Å². The molecule has 1 aliphatic heterocycles. The van der Waals surface area contributed by atoms with Crippen LogP contribution in [0, 0.1) is 13.8 Å². The van der Waals surface area contributed by atoms with E-state index in [0.29, 0.717) is 32.6 Å². The van der Waals surface area contributed by atoms with Gasteiger partial charge in [-0.2, -0.15) is 5.10 Å². The molecule has 3 aromatic rings. The number of carbonyl (C=O) groups excluding carboxylic acids is 2. The van der Waals surface area contributed by atoms with Gasteiger partial charge in [-0.15, -0.1) is 0 Å². The maximum Gasteiger partial charge on any atom is 0.227 e. The number of rotatable bonds is 2. The van der Waals surface area contributed by atoms with Crippen molar-refractivity contribution in [2.45, 2.75) is 27.2 Å². The zero-order chi connectivity index (χ0) is 20.0. The number of fused-ring (bicyclic) bond motifs is 3. The summed E-state index contributed by atoms with van der Waals surface area (Å²) in [5, 5.41) is 5.67. The van der Waals surface area contributed by atoms with Crippen molar-refractivity contribution in [1.29, 1.82) is 0 Å². The molecule has 7 nitrogen and oxygen atoms in total. The molecular formula is C20H22BrN5O2.